The molecule has 1 aromatic rings. The average molecular weight is 339 g/mol. The van der Waals surface area contributed by atoms with Crippen molar-refractivity contribution in [3.8, 4) is 6.07 Å². The van der Waals surface area contributed by atoms with Crippen molar-refractivity contribution in [2.24, 2.45) is 0 Å². The van der Waals surface area contributed by atoms with Gasteiger partial charge in [0.15, 0.2) is 9.04 Å². The maximum absolute atomic E-state index is 10.2. The zero-order valence-electron chi connectivity index (χ0n) is 13.2. The molecule has 0 amide bonds. The van der Waals surface area contributed by atoms with Gasteiger partial charge in [-0.15, -0.1) is 0 Å². The molecule has 0 aromatic heterocycles. The third-order valence-electron chi connectivity index (χ3n) is 2.93. The van der Waals surface area contributed by atoms with Crippen LogP contribution in [0.25, 0.3) is 0 Å². The molecule has 0 aliphatic carbocycles. The van der Waals surface area contributed by atoms with Gasteiger partial charge in [-0.05, 0) is 43.8 Å². The minimum absolute atomic E-state index is 0.566. The molecule has 7 heteroatoms. The lowest BCUT2D eigenvalue weighted by Gasteiger charge is -2.34. The van der Waals surface area contributed by atoms with Crippen LogP contribution in [0.15, 0.2) is 30.3 Å². The summed E-state index contributed by atoms with van der Waals surface area (Å²) >= 11 is 0. The second-order valence-corrected chi connectivity index (χ2v) is 14.6. The SMILES string of the molecule is C[Si](CCCC#N)O[Si](C)(O[Si](C)(C)O)c1ccccc1. The second kappa shape index (κ2) is 8.03. The molecule has 4 nitrogen and oxygen atoms in total. The van der Waals surface area contributed by atoms with E-state index in [4.69, 9.17) is 13.5 Å². The highest BCUT2D eigenvalue weighted by Crippen LogP contribution is 2.17. The number of hydrogen-bond donors (Lipinski definition) is 1. The fourth-order valence-electron chi connectivity index (χ4n) is 2.16. The van der Waals surface area contributed by atoms with Gasteiger partial charge in [0.05, 0.1) is 6.07 Å². The van der Waals surface area contributed by atoms with Crippen LogP contribution in [-0.2, 0) is 8.23 Å². The van der Waals surface area contributed by atoms with E-state index in [0.29, 0.717) is 6.42 Å². The van der Waals surface area contributed by atoms with E-state index >= 15 is 0 Å². The van der Waals surface area contributed by atoms with Crippen LogP contribution >= 0.6 is 0 Å². The van der Waals surface area contributed by atoms with Gasteiger partial charge >= 0.3 is 17.1 Å². The monoisotopic (exact) mass is 338 g/mol. The van der Waals surface area contributed by atoms with Gasteiger partial charge in [-0.25, -0.2) is 0 Å². The van der Waals surface area contributed by atoms with E-state index in [1.165, 1.54) is 0 Å². The minimum atomic E-state index is -2.68. The van der Waals surface area contributed by atoms with Gasteiger partial charge < -0.3 is 13.0 Å². The maximum atomic E-state index is 10.2. The molecule has 21 heavy (non-hydrogen) atoms. The summed E-state index contributed by atoms with van der Waals surface area (Å²) in [6, 6.07) is 13.0. The number of nitrogens with zero attached hydrogens (tertiary/aromatic N) is 1. The fraction of sp³-hybridized carbons (Fsp3) is 0.500. The first-order valence-electron chi connectivity index (χ1n) is 7.13. The Morgan fingerprint density at radius 2 is 1.86 bits per heavy atom. The number of hydrogen-bond acceptors (Lipinski definition) is 4. The third-order valence-corrected chi connectivity index (χ3v) is 11.9. The van der Waals surface area contributed by atoms with E-state index in [1.807, 2.05) is 36.9 Å². The summed E-state index contributed by atoms with van der Waals surface area (Å²) in [4.78, 5) is 10.2. The Morgan fingerprint density at radius 3 is 2.38 bits per heavy atom. The normalized spacial score (nSPS) is 14.7. The molecule has 0 heterocycles. The number of nitriles is 1. The van der Waals surface area contributed by atoms with E-state index in [2.05, 4.69) is 12.6 Å². The topological polar surface area (TPSA) is 62.5 Å². The quantitative estimate of drug-likeness (QED) is 0.584. The summed E-state index contributed by atoms with van der Waals surface area (Å²) in [6.07, 6.45) is 1.43. The Hall–Kier alpha value is -0.759. The second-order valence-electron chi connectivity index (χ2n) is 5.68. The molecule has 1 rings (SSSR count). The standard InChI is InChI=1S/C14H24NO3Si3/c1-19(13-9-8-12-15)17-21(4,18-20(2,3)16)14-10-6-5-7-11-14/h5-7,10-11,16H,8-9,13H2,1-4H3. The van der Waals surface area contributed by atoms with Crippen molar-refractivity contribution in [2.45, 2.75) is 45.1 Å². The Balaban J connectivity index is 2.85. The predicted molar refractivity (Wildman–Crippen MR) is 90.8 cm³/mol. The lowest BCUT2D eigenvalue weighted by Crippen LogP contribution is -2.59. The van der Waals surface area contributed by atoms with Crippen LogP contribution in [0.2, 0.25) is 32.2 Å². The third kappa shape index (κ3) is 6.69. The molecule has 0 saturated heterocycles. The van der Waals surface area contributed by atoms with Gasteiger partial charge in [0.2, 0.25) is 0 Å². The zero-order chi connectivity index (χ0) is 15.9. The van der Waals surface area contributed by atoms with E-state index in [-0.39, 0.29) is 0 Å². The van der Waals surface area contributed by atoms with Gasteiger partial charge in [-0.3, -0.25) is 0 Å². The van der Waals surface area contributed by atoms with Crippen LogP contribution < -0.4 is 5.19 Å². The van der Waals surface area contributed by atoms with Gasteiger partial charge in [0, 0.05) is 6.42 Å². The molecule has 0 aliphatic heterocycles. The molecular weight excluding hydrogens is 314 g/mol. The van der Waals surface area contributed by atoms with E-state index in [0.717, 1.165) is 17.7 Å². The molecule has 0 bridgehead atoms. The van der Waals surface area contributed by atoms with Crippen LogP contribution in [0.3, 0.4) is 0 Å². The molecule has 1 unspecified atom stereocenters. The summed E-state index contributed by atoms with van der Waals surface area (Å²) in [5.74, 6) is 0. The summed E-state index contributed by atoms with van der Waals surface area (Å²) in [5, 5.41) is 9.67. The molecule has 0 aliphatic rings. The maximum Gasteiger partial charge on any atom is 0.350 e. The van der Waals surface area contributed by atoms with Crippen LogP contribution in [0.5, 0.6) is 0 Å². The highest BCUT2D eigenvalue weighted by Gasteiger charge is 2.41. The molecule has 115 valence electrons. The van der Waals surface area contributed by atoms with Crippen molar-refractivity contribution in [1.82, 2.24) is 0 Å². The number of unbranched alkanes of at least 4 members (excludes halogenated alkanes) is 1. The minimum Gasteiger partial charge on any atom is -0.433 e. The van der Waals surface area contributed by atoms with E-state index < -0.39 is 26.2 Å². The summed E-state index contributed by atoms with van der Waals surface area (Å²) in [7, 11) is -6.33. The summed E-state index contributed by atoms with van der Waals surface area (Å²) in [5.41, 5.74) is 0. The van der Waals surface area contributed by atoms with Gasteiger partial charge in [0.25, 0.3) is 0 Å². The highest BCUT2D eigenvalue weighted by atomic mass is 28.5. The zero-order valence-corrected chi connectivity index (χ0v) is 16.2. The molecule has 1 radical (unpaired) electrons. The molecule has 0 saturated carbocycles. The van der Waals surface area contributed by atoms with Crippen molar-refractivity contribution >= 4 is 31.3 Å². The number of benzene rings is 1. The first-order chi connectivity index (χ1) is 9.77. The van der Waals surface area contributed by atoms with Crippen LogP contribution in [0, 0.1) is 11.3 Å². The van der Waals surface area contributed by atoms with Crippen molar-refractivity contribution in [1.29, 1.82) is 5.26 Å². The summed E-state index contributed by atoms with van der Waals surface area (Å²) < 4.78 is 12.4. The van der Waals surface area contributed by atoms with Gasteiger partial charge in [-0.1, -0.05) is 30.3 Å². The smallest absolute Gasteiger partial charge is 0.350 e. The van der Waals surface area contributed by atoms with Crippen molar-refractivity contribution in [2.75, 3.05) is 0 Å². The molecule has 1 atom stereocenters. The molecule has 1 N–H and O–H groups in total. The Labute approximate surface area is 131 Å². The van der Waals surface area contributed by atoms with Crippen LogP contribution in [-0.4, -0.2) is 31.0 Å². The summed E-state index contributed by atoms with van der Waals surface area (Å²) in [6.45, 7) is 7.64. The molecule has 0 spiro atoms. The first-order valence-corrected chi connectivity index (χ1v) is 14.4. The largest absolute Gasteiger partial charge is 0.433 e. The van der Waals surface area contributed by atoms with Crippen molar-refractivity contribution in [3.05, 3.63) is 30.3 Å². The Bertz CT molecular complexity index is 473. The van der Waals surface area contributed by atoms with E-state index in [9.17, 15) is 4.80 Å². The fourth-order valence-corrected chi connectivity index (χ4v) is 12.0. The first kappa shape index (κ1) is 18.3. The molecular formula is C14H24NO3Si3. The van der Waals surface area contributed by atoms with Crippen LogP contribution in [0.4, 0.5) is 0 Å². The molecule has 0 fully saturated rings. The van der Waals surface area contributed by atoms with Crippen molar-refractivity contribution < 1.29 is 13.0 Å². The number of rotatable bonds is 8. The van der Waals surface area contributed by atoms with Crippen LogP contribution in [0.1, 0.15) is 12.8 Å². The lowest BCUT2D eigenvalue weighted by atomic mass is 10.4. The van der Waals surface area contributed by atoms with Gasteiger partial charge in [0.1, 0.15) is 0 Å². The molecule has 1 aromatic carbocycles. The highest BCUT2D eigenvalue weighted by molar-refractivity contribution is 6.90. The van der Waals surface area contributed by atoms with Crippen molar-refractivity contribution in [3.63, 3.8) is 0 Å². The Kier molecular flexibility index (Phi) is 6.99. The van der Waals surface area contributed by atoms with E-state index in [1.54, 1.807) is 13.1 Å². The predicted octanol–water partition coefficient (Wildman–Crippen LogP) is 2.62. The average Bonchev–Trinajstić information content (AvgIpc) is 2.37. The lowest BCUT2D eigenvalue weighted by molar-refractivity contribution is 0.335. The Morgan fingerprint density at radius 1 is 1.24 bits per heavy atom. The van der Waals surface area contributed by atoms with Gasteiger partial charge in [-0.2, -0.15) is 5.26 Å².